The standard InChI is InChI=1S/C24H35N3O5/c1-6-15(4)21-24(31)32-19(14(2)3)13-20(28)26-18(12-17-10-8-7-9-11-17)23(30)25-16(5)22(29)27-21/h7-11,14-16,18-19,21H,6,12-13H2,1-5H3,(H,25,30)(H,26,28)(H,27,29)/t15-,16-,18-,19-,21+/m1/s1. The summed E-state index contributed by atoms with van der Waals surface area (Å²) in [5.41, 5.74) is 0.873. The van der Waals surface area contributed by atoms with Crippen molar-refractivity contribution in [2.45, 2.75) is 78.1 Å². The quantitative estimate of drug-likeness (QED) is 0.597. The number of benzene rings is 1. The van der Waals surface area contributed by atoms with Crippen LogP contribution in [0.2, 0.25) is 0 Å². The number of carbonyl (C=O) groups is 4. The van der Waals surface area contributed by atoms with E-state index < -0.39 is 42.0 Å². The van der Waals surface area contributed by atoms with E-state index >= 15 is 0 Å². The van der Waals surface area contributed by atoms with Gasteiger partial charge in [-0.3, -0.25) is 14.4 Å². The zero-order valence-corrected chi connectivity index (χ0v) is 19.5. The third kappa shape index (κ3) is 7.07. The number of ether oxygens (including phenoxy) is 1. The summed E-state index contributed by atoms with van der Waals surface area (Å²) in [6, 6.07) is 6.69. The van der Waals surface area contributed by atoms with E-state index in [1.165, 1.54) is 0 Å². The Hall–Kier alpha value is -2.90. The van der Waals surface area contributed by atoms with Crippen molar-refractivity contribution in [2.75, 3.05) is 0 Å². The van der Waals surface area contributed by atoms with Crippen LogP contribution < -0.4 is 16.0 Å². The molecule has 0 spiro atoms. The number of esters is 1. The van der Waals surface area contributed by atoms with E-state index in [2.05, 4.69) is 16.0 Å². The van der Waals surface area contributed by atoms with Crippen molar-refractivity contribution in [1.82, 2.24) is 16.0 Å². The Kier molecular flexibility index (Phi) is 9.23. The van der Waals surface area contributed by atoms with E-state index in [0.717, 1.165) is 5.56 Å². The molecule has 0 aromatic heterocycles. The molecule has 0 saturated carbocycles. The zero-order chi connectivity index (χ0) is 23.8. The molecular weight excluding hydrogens is 410 g/mol. The molecule has 0 aliphatic carbocycles. The maximum Gasteiger partial charge on any atom is 0.329 e. The van der Waals surface area contributed by atoms with E-state index in [9.17, 15) is 19.2 Å². The summed E-state index contributed by atoms with van der Waals surface area (Å²) in [5, 5.41) is 8.15. The normalized spacial score (nSPS) is 26.6. The molecule has 0 radical (unpaired) electrons. The highest BCUT2D eigenvalue weighted by atomic mass is 16.5. The van der Waals surface area contributed by atoms with Gasteiger partial charge in [-0.05, 0) is 24.3 Å². The summed E-state index contributed by atoms with van der Waals surface area (Å²) < 4.78 is 5.68. The topological polar surface area (TPSA) is 114 Å². The molecule has 1 aromatic carbocycles. The Bertz CT molecular complexity index is 811. The first-order valence-corrected chi connectivity index (χ1v) is 11.3. The van der Waals surface area contributed by atoms with Crippen molar-refractivity contribution >= 4 is 23.7 Å². The molecule has 5 atom stereocenters. The SMILES string of the molecule is CC[C@@H](C)[C@@H]1NC(=O)[C@@H](C)NC(=O)[C@@H](Cc2ccccc2)NC(=O)C[C@H](C(C)C)OC1=O. The predicted molar refractivity (Wildman–Crippen MR) is 120 cm³/mol. The lowest BCUT2D eigenvalue weighted by Crippen LogP contribution is -2.55. The molecule has 1 saturated heterocycles. The molecule has 1 aromatic rings. The third-order valence-corrected chi connectivity index (χ3v) is 5.85. The molecule has 3 amide bonds. The highest BCUT2D eigenvalue weighted by Gasteiger charge is 2.34. The van der Waals surface area contributed by atoms with E-state index in [-0.39, 0.29) is 30.6 Å². The lowest BCUT2D eigenvalue weighted by Gasteiger charge is -2.27. The fourth-order valence-corrected chi connectivity index (χ4v) is 3.46. The molecule has 1 aliphatic heterocycles. The van der Waals surface area contributed by atoms with Crippen LogP contribution in [0.1, 0.15) is 53.0 Å². The lowest BCUT2D eigenvalue weighted by atomic mass is 9.98. The molecule has 1 aliphatic rings. The minimum Gasteiger partial charge on any atom is -0.460 e. The first-order chi connectivity index (χ1) is 15.1. The minimum absolute atomic E-state index is 0.0707. The highest BCUT2D eigenvalue weighted by Crippen LogP contribution is 2.17. The maximum atomic E-state index is 13.0. The second-order valence-electron chi connectivity index (χ2n) is 8.84. The molecule has 0 unspecified atom stereocenters. The van der Waals surface area contributed by atoms with Crippen molar-refractivity contribution < 1.29 is 23.9 Å². The van der Waals surface area contributed by atoms with Crippen LogP contribution >= 0.6 is 0 Å². The van der Waals surface area contributed by atoms with Crippen LogP contribution in [0.5, 0.6) is 0 Å². The van der Waals surface area contributed by atoms with Crippen molar-refractivity contribution in [1.29, 1.82) is 0 Å². The number of hydrogen-bond donors (Lipinski definition) is 3. The van der Waals surface area contributed by atoms with Crippen molar-refractivity contribution in [2.24, 2.45) is 11.8 Å². The Morgan fingerprint density at radius 1 is 0.969 bits per heavy atom. The minimum atomic E-state index is -0.890. The summed E-state index contributed by atoms with van der Waals surface area (Å²) >= 11 is 0. The number of amides is 3. The largest absolute Gasteiger partial charge is 0.460 e. The van der Waals surface area contributed by atoms with E-state index in [1.807, 2.05) is 58.0 Å². The van der Waals surface area contributed by atoms with Crippen LogP contribution in [-0.2, 0) is 30.3 Å². The van der Waals surface area contributed by atoms with Crippen LogP contribution in [0.3, 0.4) is 0 Å². The lowest BCUT2D eigenvalue weighted by molar-refractivity contribution is -0.158. The maximum absolute atomic E-state index is 13.0. The first kappa shape index (κ1) is 25.4. The summed E-state index contributed by atoms with van der Waals surface area (Å²) in [7, 11) is 0. The average Bonchev–Trinajstić information content (AvgIpc) is 2.75. The fourth-order valence-electron chi connectivity index (χ4n) is 3.46. The van der Waals surface area contributed by atoms with Crippen LogP contribution in [0, 0.1) is 11.8 Å². The van der Waals surface area contributed by atoms with Crippen molar-refractivity contribution in [3.05, 3.63) is 35.9 Å². The van der Waals surface area contributed by atoms with Crippen molar-refractivity contribution in [3.8, 4) is 0 Å². The summed E-state index contributed by atoms with van der Waals surface area (Å²) in [6.07, 6.45) is 0.171. The number of rotatable bonds is 5. The Morgan fingerprint density at radius 3 is 2.22 bits per heavy atom. The molecule has 0 bridgehead atoms. The molecule has 176 valence electrons. The molecular formula is C24H35N3O5. The number of nitrogens with one attached hydrogen (secondary N) is 3. The molecule has 2 rings (SSSR count). The average molecular weight is 446 g/mol. The van der Waals surface area contributed by atoms with Gasteiger partial charge >= 0.3 is 5.97 Å². The Labute approximate surface area is 189 Å². The number of cyclic esters (lactones) is 1. The Balaban J connectivity index is 2.34. The van der Waals surface area contributed by atoms with Gasteiger partial charge in [-0.15, -0.1) is 0 Å². The van der Waals surface area contributed by atoms with Gasteiger partial charge in [0.1, 0.15) is 24.2 Å². The summed E-state index contributed by atoms with van der Waals surface area (Å²) in [4.78, 5) is 51.4. The molecule has 1 fully saturated rings. The van der Waals surface area contributed by atoms with Crippen LogP contribution in [-0.4, -0.2) is 47.9 Å². The fraction of sp³-hybridized carbons (Fsp3) is 0.583. The zero-order valence-electron chi connectivity index (χ0n) is 19.5. The summed E-state index contributed by atoms with van der Waals surface area (Å²) in [6.45, 7) is 9.02. The number of carbonyl (C=O) groups excluding carboxylic acids is 4. The molecule has 8 heteroatoms. The molecule has 32 heavy (non-hydrogen) atoms. The van der Waals surface area contributed by atoms with Gasteiger partial charge in [0, 0.05) is 6.42 Å². The van der Waals surface area contributed by atoms with Crippen LogP contribution in [0.4, 0.5) is 0 Å². The van der Waals surface area contributed by atoms with Gasteiger partial charge < -0.3 is 20.7 Å². The first-order valence-electron chi connectivity index (χ1n) is 11.3. The second kappa shape index (κ2) is 11.6. The molecule has 8 nitrogen and oxygen atoms in total. The predicted octanol–water partition coefficient (Wildman–Crippen LogP) is 1.72. The van der Waals surface area contributed by atoms with Crippen LogP contribution in [0.25, 0.3) is 0 Å². The van der Waals surface area contributed by atoms with Gasteiger partial charge in [0.25, 0.3) is 0 Å². The highest BCUT2D eigenvalue weighted by molar-refractivity contribution is 5.94. The molecule has 1 heterocycles. The monoisotopic (exact) mass is 445 g/mol. The molecule has 3 N–H and O–H groups in total. The van der Waals surface area contributed by atoms with E-state index in [1.54, 1.807) is 6.92 Å². The van der Waals surface area contributed by atoms with E-state index in [0.29, 0.717) is 6.42 Å². The Morgan fingerprint density at radius 2 is 1.62 bits per heavy atom. The van der Waals surface area contributed by atoms with E-state index in [4.69, 9.17) is 4.74 Å². The van der Waals surface area contributed by atoms with Gasteiger partial charge in [-0.2, -0.15) is 0 Å². The van der Waals surface area contributed by atoms with Gasteiger partial charge in [-0.25, -0.2) is 4.79 Å². The van der Waals surface area contributed by atoms with Gasteiger partial charge in [-0.1, -0.05) is 64.4 Å². The third-order valence-electron chi connectivity index (χ3n) is 5.85. The van der Waals surface area contributed by atoms with Gasteiger partial charge in [0.15, 0.2) is 0 Å². The number of hydrogen-bond acceptors (Lipinski definition) is 5. The smallest absolute Gasteiger partial charge is 0.329 e. The van der Waals surface area contributed by atoms with Crippen LogP contribution in [0.15, 0.2) is 30.3 Å². The summed E-state index contributed by atoms with van der Waals surface area (Å²) in [5.74, 6) is -2.20. The second-order valence-corrected chi connectivity index (χ2v) is 8.84. The van der Waals surface area contributed by atoms with Gasteiger partial charge in [0.05, 0.1) is 6.42 Å². The van der Waals surface area contributed by atoms with Crippen molar-refractivity contribution in [3.63, 3.8) is 0 Å². The van der Waals surface area contributed by atoms with Gasteiger partial charge in [0.2, 0.25) is 17.7 Å².